The van der Waals surface area contributed by atoms with Crippen molar-refractivity contribution in [3.05, 3.63) is 59.2 Å². The third-order valence-electron chi connectivity index (χ3n) is 4.07. The Morgan fingerprint density at radius 1 is 1.36 bits per heavy atom. The Morgan fingerprint density at radius 3 is 2.91 bits per heavy atom. The van der Waals surface area contributed by atoms with Crippen molar-refractivity contribution in [3.8, 4) is 0 Å². The lowest BCUT2D eigenvalue weighted by Crippen LogP contribution is -2.44. The Kier molecular flexibility index (Phi) is 3.98. The van der Waals surface area contributed by atoms with Crippen LogP contribution < -0.4 is 0 Å². The third kappa shape index (κ3) is 2.64. The Hall–Kier alpha value is -2.14. The lowest BCUT2D eigenvalue weighted by Gasteiger charge is -2.36. The molecule has 1 aromatic carbocycles. The van der Waals surface area contributed by atoms with Gasteiger partial charge in [0.25, 0.3) is 5.91 Å². The van der Waals surface area contributed by atoms with Gasteiger partial charge in [-0.15, -0.1) is 0 Å². The average Bonchev–Trinajstić information content (AvgIpc) is 2.95. The number of benzene rings is 1. The number of carbonyl (C=O) groups is 1. The number of carbonyl (C=O) groups excluding carboxylic acids is 1. The second kappa shape index (κ2) is 5.93. The molecule has 1 atom stereocenters. The molecular weight excluding hydrogens is 283 g/mol. The Labute approximate surface area is 129 Å². The van der Waals surface area contributed by atoms with Gasteiger partial charge in [0, 0.05) is 25.5 Å². The van der Waals surface area contributed by atoms with Gasteiger partial charge >= 0.3 is 0 Å². The van der Waals surface area contributed by atoms with Gasteiger partial charge in [-0.3, -0.25) is 4.79 Å². The molecule has 2 aromatic rings. The molecule has 0 bridgehead atoms. The van der Waals surface area contributed by atoms with Crippen LogP contribution in [0.1, 0.15) is 27.7 Å². The first-order chi connectivity index (χ1) is 10.6. The minimum Gasteiger partial charge on any atom is -0.377 e. The number of hydrogen-bond donors (Lipinski definition) is 0. The van der Waals surface area contributed by atoms with Crippen molar-refractivity contribution < 1.29 is 13.9 Å². The first-order valence-corrected chi connectivity index (χ1v) is 7.34. The summed E-state index contributed by atoms with van der Waals surface area (Å²) in [6.45, 7) is 3.21. The summed E-state index contributed by atoms with van der Waals surface area (Å²) in [4.78, 5) is 14.5. The van der Waals surface area contributed by atoms with Crippen molar-refractivity contribution in [2.45, 2.75) is 13.0 Å². The second-order valence-corrected chi connectivity index (χ2v) is 5.62. The largest absolute Gasteiger partial charge is 0.377 e. The fourth-order valence-corrected chi connectivity index (χ4v) is 2.87. The molecule has 5 heteroatoms. The normalized spacial score (nSPS) is 18.5. The number of halogens is 1. The molecule has 4 nitrogen and oxygen atoms in total. The SMILES string of the molecule is Cc1ccc(F)c(C(=O)N2CCOCC2c2cccn2C)c1. The van der Waals surface area contributed by atoms with Gasteiger partial charge in [0.2, 0.25) is 0 Å². The highest BCUT2D eigenvalue weighted by atomic mass is 19.1. The molecule has 0 N–H and O–H groups in total. The zero-order valence-corrected chi connectivity index (χ0v) is 12.8. The minimum absolute atomic E-state index is 0.126. The molecule has 0 saturated carbocycles. The van der Waals surface area contributed by atoms with Crippen LogP contribution in [0, 0.1) is 12.7 Å². The number of ether oxygens (including phenoxy) is 1. The molecule has 1 aliphatic heterocycles. The first-order valence-electron chi connectivity index (χ1n) is 7.34. The fourth-order valence-electron chi connectivity index (χ4n) is 2.87. The van der Waals surface area contributed by atoms with Gasteiger partial charge in [0.1, 0.15) is 5.82 Å². The summed E-state index contributed by atoms with van der Waals surface area (Å²) >= 11 is 0. The fraction of sp³-hybridized carbons (Fsp3) is 0.353. The van der Waals surface area contributed by atoms with Crippen molar-refractivity contribution in [1.29, 1.82) is 0 Å². The number of aryl methyl sites for hydroxylation is 2. The number of amides is 1. The number of aromatic nitrogens is 1. The Morgan fingerprint density at radius 2 is 2.18 bits per heavy atom. The van der Waals surface area contributed by atoms with Crippen LogP contribution in [-0.4, -0.2) is 35.1 Å². The summed E-state index contributed by atoms with van der Waals surface area (Å²) in [5, 5.41) is 0. The van der Waals surface area contributed by atoms with Crippen molar-refractivity contribution in [3.63, 3.8) is 0 Å². The van der Waals surface area contributed by atoms with Crippen LogP contribution in [0.5, 0.6) is 0 Å². The van der Waals surface area contributed by atoms with E-state index in [2.05, 4.69) is 0 Å². The highest BCUT2D eigenvalue weighted by Crippen LogP contribution is 2.27. The van der Waals surface area contributed by atoms with Gasteiger partial charge in [-0.1, -0.05) is 11.6 Å². The van der Waals surface area contributed by atoms with Crippen LogP contribution >= 0.6 is 0 Å². The van der Waals surface area contributed by atoms with Crippen LogP contribution in [0.2, 0.25) is 0 Å². The maximum absolute atomic E-state index is 14.0. The molecule has 1 aliphatic rings. The molecule has 1 unspecified atom stereocenters. The molecule has 3 rings (SSSR count). The molecule has 22 heavy (non-hydrogen) atoms. The lowest BCUT2D eigenvalue weighted by atomic mass is 10.1. The van der Waals surface area contributed by atoms with Gasteiger partial charge in [0.05, 0.1) is 24.8 Å². The van der Waals surface area contributed by atoms with Crippen molar-refractivity contribution in [2.75, 3.05) is 19.8 Å². The predicted molar refractivity (Wildman–Crippen MR) is 81.1 cm³/mol. The van der Waals surface area contributed by atoms with E-state index < -0.39 is 5.82 Å². The first kappa shape index (κ1) is 14.8. The van der Waals surface area contributed by atoms with Crippen LogP contribution in [-0.2, 0) is 11.8 Å². The summed E-state index contributed by atoms with van der Waals surface area (Å²) in [6, 6.07) is 8.32. The minimum atomic E-state index is -0.479. The molecule has 1 aromatic heterocycles. The van der Waals surface area contributed by atoms with E-state index in [1.807, 2.05) is 36.9 Å². The molecule has 0 radical (unpaired) electrons. The maximum Gasteiger partial charge on any atom is 0.257 e. The Bertz CT molecular complexity index is 696. The van der Waals surface area contributed by atoms with E-state index in [-0.39, 0.29) is 17.5 Å². The van der Waals surface area contributed by atoms with E-state index in [1.54, 1.807) is 17.0 Å². The van der Waals surface area contributed by atoms with Gasteiger partial charge in [0.15, 0.2) is 0 Å². The van der Waals surface area contributed by atoms with E-state index in [0.717, 1.165) is 11.3 Å². The molecule has 1 fully saturated rings. The molecule has 1 amide bonds. The zero-order chi connectivity index (χ0) is 15.7. The second-order valence-electron chi connectivity index (χ2n) is 5.62. The summed E-state index contributed by atoms with van der Waals surface area (Å²) in [6.07, 6.45) is 1.93. The monoisotopic (exact) mass is 302 g/mol. The van der Waals surface area contributed by atoms with Crippen molar-refractivity contribution >= 4 is 5.91 Å². The molecule has 116 valence electrons. The standard InChI is InChI=1S/C17H19FN2O2/c1-12-5-6-14(18)13(10-12)17(21)20-8-9-22-11-16(20)15-4-3-7-19(15)2/h3-7,10,16H,8-9,11H2,1-2H3. The van der Waals surface area contributed by atoms with Crippen molar-refractivity contribution in [1.82, 2.24) is 9.47 Å². The number of rotatable bonds is 2. The summed E-state index contributed by atoms with van der Waals surface area (Å²) in [5.74, 6) is -0.761. The average molecular weight is 302 g/mol. The van der Waals surface area contributed by atoms with E-state index in [9.17, 15) is 9.18 Å². The topological polar surface area (TPSA) is 34.5 Å². The highest BCUT2D eigenvalue weighted by Gasteiger charge is 2.31. The number of morpholine rings is 1. The highest BCUT2D eigenvalue weighted by molar-refractivity contribution is 5.95. The van der Waals surface area contributed by atoms with Crippen LogP contribution in [0.3, 0.4) is 0 Å². The van der Waals surface area contributed by atoms with Gasteiger partial charge in [-0.2, -0.15) is 0 Å². The molecule has 2 heterocycles. The van der Waals surface area contributed by atoms with E-state index >= 15 is 0 Å². The van der Waals surface area contributed by atoms with Gasteiger partial charge in [-0.25, -0.2) is 4.39 Å². The summed E-state index contributed by atoms with van der Waals surface area (Å²) in [7, 11) is 1.93. The van der Waals surface area contributed by atoms with Gasteiger partial charge in [-0.05, 0) is 31.2 Å². The smallest absolute Gasteiger partial charge is 0.257 e. The zero-order valence-electron chi connectivity index (χ0n) is 12.8. The number of hydrogen-bond acceptors (Lipinski definition) is 2. The van der Waals surface area contributed by atoms with E-state index in [1.165, 1.54) is 6.07 Å². The van der Waals surface area contributed by atoms with Crippen molar-refractivity contribution in [2.24, 2.45) is 7.05 Å². The lowest BCUT2D eigenvalue weighted by molar-refractivity contribution is -0.00487. The Balaban J connectivity index is 1.95. The molecule has 0 aliphatic carbocycles. The predicted octanol–water partition coefficient (Wildman–Crippen LogP) is 2.69. The quantitative estimate of drug-likeness (QED) is 0.855. The van der Waals surface area contributed by atoms with E-state index in [4.69, 9.17) is 4.74 Å². The maximum atomic E-state index is 14.0. The third-order valence-corrected chi connectivity index (χ3v) is 4.07. The van der Waals surface area contributed by atoms with Crippen LogP contribution in [0.15, 0.2) is 36.5 Å². The van der Waals surface area contributed by atoms with Crippen LogP contribution in [0.25, 0.3) is 0 Å². The molecule has 0 spiro atoms. The summed E-state index contributed by atoms with van der Waals surface area (Å²) in [5.41, 5.74) is 1.98. The summed E-state index contributed by atoms with van der Waals surface area (Å²) < 4.78 is 21.5. The van der Waals surface area contributed by atoms with E-state index in [0.29, 0.717) is 19.8 Å². The molecule has 1 saturated heterocycles. The number of nitrogens with zero attached hydrogens (tertiary/aromatic N) is 2. The molecular formula is C17H19FN2O2. The van der Waals surface area contributed by atoms with Gasteiger partial charge < -0.3 is 14.2 Å². The van der Waals surface area contributed by atoms with Crippen LogP contribution in [0.4, 0.5) is 4.39 Å².